The molecular formula is C15H24ClNO. The number of rotatable bonds is 8. The topological polar surface area (TPSA) is 32.3 Å². The van der Waals surface area contributed by atoms with Crippen molar-refractivity contribution in [2.75, 3.05) is 13.2 Å². The molecule has 3 heteroatoms. The number of nitrogens with one attached hydrogen (secondary N) is 1. The van der Waals surface area contributed by atoms with E-state index >= 15 is 0 Å². The first-order valence-corrected chi connectivity index (χ1v) is 7.11. The minimum absolute atomic E-state index is 0.275. The summed E-state index contributed by atoms with van der Waals surface area (Å²) in [6, 6.07) is 6.15. The van der Waals surface area contributed by atoms with E-state index in [2.05, 4.69) is 24.4 Å². The largest absolute Gasteiger partial charge is 0.396 e. The average molecular weight is 270 g/mol. The van der Waals surface area contributed by atoms with Crippen LogP contribution >= 0.6 is 11.6 Å². The molecule has 0 bridgehead atoms. The molecule has 0 radical (unpaired) electrons. The Labute approximate surface area is 115 Å². The number of aliphatic hydroxyl groups excluding tert-OH is 1. The van der Waals surface area contributed by atoms with Gasteiger partial charge in [-0.3, -0.25) is 0 Å². The van der Waals surface area contributed by atoms with Crippen molar-refractivity contribution < 1.29 is 5.11 Å². The third-order valence-corrected chi connectivity index (χ3v) is 3.54. The van der Waals surface area contributed by atoms with Gasteiger partial charge < -0.3 is 10.4 Å². The van der Waals surface area contributed by atoms with Crippen LogP contribution in [-0.4, -0.2) is 18.3 Å². The van der Waals surface area contributed by atoms with E-state index < -0.39 is 0 Å². The number of hydrogen-bond donors (Lipinski definition) is 2. The van der Waals surface area contributed by atoms with Crippen molar-refractivity contribution in [3.63, 3.8) is 0 Å². The van der Waals surface area contributed by atoms with Gasteiger partial charge in [-0.05, 0) is 49.4 Å². The van der Waals surface area contributed by atoms with Crippen molar-refractivity contribution in [3.8, 4) is 0 Å². The smallest absolute Gasteiger partial charge is 0.0453 e. The Morgan fingerprint density at radius 2 is 2.11 bits per heavy atom. The molecule has 2 nitrogen and oxygen atoms in total. The summed E-state index contributed by atoms with van der Waals surface area (Å²) >= 11 is 6.19. The molecule has 0 amide bonds. The van der Waals surface area contributed by atoms with Crippen LogP contribution in [0.2, 0.25) is 5.02 Å². The zero-order valence-electron chi connectivity index (χ0n) is 11.4. The lowest BCUT2D eigenvalue weighted by Gasteiger charge is -2.16. The summed E-state index contributed by atoms with van der Waals surface area (Å²) in [6.07, 6.45) is 3.20. The number of hydrogen-bond acceptors (Lipinski definition) is 2. The highest BCUT2D eigenvalue weighted by molar-refractivity contribution is 6.31. The molecule has 1 rings (SSSR count). The lowest BCUT2D eigenvalue weighted by Crippen LogP contribution is -2.23. The van der Waals surface area contributed by atoms with Crippen LogP contribution in [0.4, 0.5) is 0 Å². The number of aryl methyl sites for hydroxylation is 1. The van der Waals surface area contributed by atoms with Gasteiger partial charge >= 0.3 is 0 Å². The van der Waals surface area contributed by atoms with Crippen LogP contribution in [0.3, 0.4) is 0 Å². The fraction of sp³-hybridized carbons (Fsp3) is 0.600. The molecule has 0 saturated heterocycles. The SMILES string of the molecule is CCCC(CCO)CNCc1ccc(C)cc1Cl. The summed E-state index contributed by atoms with van der Waals surface area (Å²) in [4.78, 5) is 0. The fourth-order valence-corrected chi connectivity index (χ4v) is 2.45. The Bertz CT molecular complexity index is 348. The molecule has 0 aliphatic rings. The number of aliphatic hydroxyl groups is 1. The quantitative estimate of drug-likeness (QED) is 0.757. The lowest BCUT2D eigenvalue weighted by molar-refractivity contribution is 0.248. The van der Waals surface area contributed by atoms with Crippen LogP contribution < -0.4 is 5.32 Å². The van der Waals surface area contributed by atoms with Crippen LogP contribution in [0.1, 0.15) is 37.3 Å². The highest BCUT2D eigenvalue weighted by atomic mass is 35.5. The van der Waals surface area contributed by atoms with Crippen molar-refractivity contribution in [3.05, 3.63) is 34.3 Å². The molecule has 2 N–H and O–H groups in total. The summed E-state index contributed by atoms with van der Waals surface area (Å²) in [5.74, 6) is 0.559. The molecule has 0 heterocycles. The molecule has 1 atom stereocenters. The zero-order chi connectivity index (χ0) is 13.4. The van der Waals surface area contributed by atoms with E-state index in [1.807, 2.05) is 13.0 Å². The maximum atomic E-state index is 9.01. The normalized spacial score (nSPS) is 12.7. The van der Waals surface area contributed by atoms with Gasteiger partial charge in [0.05, 0.1) is 0 Å². The van der Waals surface area contributed by atoms with Crippen molar-refractivity contribution in [2.24, 2.45) is 5.92 Å². The highest BCUT2D eigenvalue weighted by Crippen LogP contribution is 2.17. The van der Waals surface area contributed by atoms with E-state index in [-0.39, 0.29) is 6.61 Å². The van der Waals surface area contributed by atoms with Crippen LogP contribution in [0.5, 0.6) is 0 Å². The molecule has 18 heavy (non-hydrogen) atoms. The van der Waals surface area contributed by atoms with E-state index in [0.29, 0.717) is 5.92 Å². The third kappa shape index (κ3) is 5.38. The Balaban J connectivity index is 2.39. The van der Waals surface area contributed by atoms with Crippen molar-refractivity contribution >= 4 is 11.6 Å². The van der Waals surface area contributed by atoms with Gasteiger partial charge in [-0.25, -0.2) is 0 Å². The van der Waals surface area contributed by atoms with Crippen molar-refractivity contribution in [1.29, 1.82) is 0 Å². The number of halogens is 1. The Morgan fingerprint density at radius 1 is 1.33 bits per heavy atom. The van der Waals surface area contributed by atoms with Gasteiger partial charge in [0, 0.05) is 18.2 Å². The van der Waals surface area contributed by atoms with Crippen LogP contribution in [0, 0.1) is 12.8 Å². The summed E-state index contributed by atoms with van der Waals surface area (Å²) in [5, 5.41) is 13.3. The molecular weight excluding hydrogens is 246 g/mol. The second-order valence-electron chi connectivity index (χ2n) is 4.89. The average Bonchev–Trinajstić information content (AvgIpc) is 2.32. The van der Waals surface area contributed by atoms with E-state index in [9.17, 15) is 0 Å². The second kappa shape index (κ2) is 8.52. The molecule has 0 saturated carbocycles. The fourth-order valence-electron chi connectivity index (χ4n) is 2.15. The Hall–Kier alpha value is -0.570. The maximum absolute atomic E-state index is 9.01. The summed E-state index contributed by atoms with van der Waals surface area (Å²) in [5.41, 5.74) is 2.33. The van der Waals surface area contributed by atoms with Gasteiger partial charge in [-0.1, -0.05) is 37.1 Å². The predicted molar refractivity (Wildman–Crippen MR) is 78.0 cm³/mol. The lowest BCUT2D eigenvalue weighted by atomic mass is 10.00. The van der Waals surface area contributed by atoms with Crippen molar-refractivity contribution in [2.45, 2.75) is 39.7 Å². The second-order valence-corrected chi connectivity index (χ2v) is 5.30. The third-order valence-electron chi connectivity index (χ3n) is 3.19. The monoisotopic (exact) mass is 269 g/mol. The van der Waals surface area contributed by atoms with E-state index in [1.54, 1.807) is 0 Å². The predicted octanol–water partition coefficient (Wildman–Crippen LogP) is 3.54. The molecule has 102 valence electrons. The molecule has 1 aromatic rings. The van der Waals surface area contributed by atoms with Gasteiger partial charge in [0.2, 0.25) is 0 Å². The van der Waals surface area contributed by atoms with Gasteiger partial charge in [0.15, 0.2) is 0 Å². The van der Waals surface area contributed by atoms with Gasteiger partial charge in [0.25, 0.3) is 0 Å². The molecule has 0 spiro atoms. The highest BCUT2D eigenvalue weighted by Gasteiger charge is 2.07. The first-order chi connectivity index (χ1) is 8.67. The van der Waals surface area contributed by atoms with E-state index in [1.165, 1.54) is 5.56 Å². The van der Waals surface area contributed by atoms with Crippen LogP contribution in [0.15, 0.2) is 18.2 Å². The van der Waals surface area contributed by atoms with E-state index in [4.69, 9.17) is 16.7 Å². The van der Waals surface area contributed by atoms with Crippen LogP contribution in [-0.2, 0) is 6.54 Å². The Morgan fingerprint density at radius 3 is 2.72 bits per heavy atom. The Kier molecular flexibility index (Phi) is 7.33. The first-order valence-electron chi connectivity index (χ1n) is 6.74. The first kappa shape index (κ1) is 15.5. The minimum Gasteiger partial charge on any atom is -0.396 e. The summed E-state index contributed by atoms with van der Waals surface area (Å²) in [7, 11) is 0. The summed E-state index contributed by atoms with van der Waals surface area (Å²) < 4.78 is 0. The van der Waals surface area contributed by atoms with Crippen molar-refractivity contribution in [1.82, 2.24) is 5.32 Å². The zero-order valence-corrected chi connectivity index (χ0v) is 12.1. The maximum Gasteiger partial charge on any atom is 0.0453 e. The van der Waals surface area contributed by atoms with Crippen LogP contribution in [0.25, 0.3) is 0 Å². The van der Waals surface area contributed by atoms with E-state index in [0.717, 1.165) is 42.9 Å². The summed E-state index contributed by atoms with van der Waals surface area (Å²) in [6.45, 7) is 6.24. The van der Waals surface area contributed by atoms with Gasteiger partial charge in [-0.2, -0.15) is 0 Å². The molecule has 1 aromatic carbocycles. The van der Waals surface area contributed by atoms with Gasteiger partial charge in [0.1, 0.15) is 0 Å². The molecule has 0 fully saturated rings. The minimum atomic E-state index is 0.275. The molecule has 0 aliphatic heterocycles. The molecule has 0 aliphatic carbocycles. The number of benzene rings is 1. The standard InChI is InChI=1S/C15H24ClNO/c1-3-4-13(7-8-18)10-17-11-14-6-5-12(2)9-15(14)16/h5-6,9,13,17-18H,3-4,7-8,10-11H2,1-2H3. The molecule has 0 aromatic heterocycles. The molecule has 1 unspecified atom stereocenters. The van der Waals surface area contributed by atoms with Gasteiger partial charge in [-0.15, -0.1) is 0 Å².